The molecule has 5 aliphatic carbocycles. The van der Waals surface area contributed by atoms with Gasteiger partial charge in [0.1, 0.15) is 5.60 Å². The minimum Gasteiger partial charge on any atom is -0.461 e. The maximum absolute atomic E-state index is 13.2. The Morgan fingerprint density at radius 1 is 0.769 bits per heavy atom. The average Bonchev–Trinajstić information content (AvgIpc) is 3.47. The van der Waals surface area contributed by atoms with Gasteiger partial charge in [-0.05, 0) is 172 Å². The van der Waals surface area contributed by atoms with Gasteiger partial charge in [-0.1, -0.05) is 83.2 Å². The number of carbonyl (C=O) groups excluding carboxylic acids is 2. The van der Waals surface area contributed by atoms with Gasteiger partial charge in [0.05, 0.1) is 17.7 Å². The normalized spacial score (nSPS) is 37.7. The van der Waals surface area contributed by atoms with Gasteiger partial charge in [0.25, 0.3) is 0 Å². The molecule has 0 spiro atoms. The molecule has 0 N–H and O–H groups in total. The van der Waals surface area contributed by atoms with Crippen molar-refractivity contribution in [2.24, 2.45) is 56.7 Å². The molecule has 0 amide bonds. The molecule has 4 saturated carbocycles. The highest BCUT2D eigenvalue weighted by Crippen LogP contribution is 2.77. The van der Waals surface area contributed by atoms with Gasteiger partial charge in [-0.2, -0.15) is 0 Å². The molecule has 280 valence electrons. The van der Waals surface area contributed by atoms with E-state index in [1.807, 2.05) is 63.2 Å². The predicted octanol–water partition coefficient (Wildman–Crippen LogP) is 12.1. The molecule has 4 nitrogen and oxygen atoms in total. The second kappa shape index (κ2) is 12.7. The molecule has 4 fully saturated rings. The SMILES string of the molecule is C=C(C)C1CCC2(COC(=O)c3ccccc3)CCC3(C)C(CCC4C5(C)CC=C(c6ccc(C(=O)OC(C)(C)C)cc6)C(C)(C)C5CCC43C)C12. The average molecular weight is 705 g/mol. The summed E-state index contributed by atoms with van der Waals surface area (Å²) in [6.07, 6.45) is 13.3. The summed E-state index contributed by atoms with van der Waals surface area (Å²) in [5.74, 6) is 2.39. The van der Waals surface area contributed by atoms with Crippen LogP contribution in [0.15, 0.2) is 72.8 Å². The molecule has 0 bridgehead atoms. The van der Waals surface area contributed by atoms with E-state index in [4.69, 9.17) is 9.47 Å². The second-order valence-electron chi connectivity index (χ2n) is 20.1. The van der Waals surface area contributed by atoms with Crippen LogP contribution in [0, 0.1) is 56.7 Å². The van der Waals surface area contributed by atoms with E-state index in [1.165, 1.54) is 48.8 Å². The van der Waals surface area contributed by atoms with Gasteiger partial charge in [-0.3, -0.25) is 0 Å². The fraction of sp³-hybridized carbons (Fsp3) is 0.625. The molecule has 0 heterocycles. The van der Waals surface area contributed by atoms with Gasteiger partial charge in [-0.25, -0.2) is 9.59 Å². The summed E-state index contributed by atoms with van der Waals surface area (Å²) >= 11 is 0. The summed E-state index contributed by atoms with van der Waals surface area (Å²) in [4.78, 5) is 26.0. The molecule has 9 atom stereocenters. The Morgan fingerprint density at radius 3 is 2.10 bits per heavy atom. The third-order valence-corrected chi connectivity index (χ3v) is 16.1. The molecule has 0 aliphatic heterocycles. The van der Waals surface area contributed by atoms with Crippen LogP contribution in [-0.2, 0) is 9.47 Å². The van der Waals surface area contributed by atoms with E-state index < -0.39 is 5.60 Å². The highest BCUT2D eigenvalue weighted by molar-refractivity contribution is 5.90. The zero-order valence-corrected chi connectivity index (χ0v) is 33.6. The number of carbonyl (C=O) groups is 2. The van der Waals surface area contributed by atoms with Crippen LogP contribution in [0.1, 0.15) is 146 Å². The number of fused-ring (bicyclic) bond motifs is 7. The number of ether oxygens (including phenoxy) is 2. The number of hydrogen-bond donors (Lipinski definition) is 0. The maximum atomic E-state index is 13.2. The highest BCUT2D eigenvalue weighted by Gasteiger charge is 2.70. The molecule has 0 saturated heterocycles. The first-order chi connectivity index (χ1) is 24.4. The summed E-state index contributed by atoms with van der Waals surface area (Å²) < 4.78 is 11.9. The number of esters is 2. The molecule has 2 aromatic rings. The van der Waals surface area contributed by atoms with Crippen molar-refractivity contribution >= 4 is 17.5 Å². The molecular weight excluding hydrogens is 641 g/mol. The lowest BCUT2D eigenvalue weighted by molar-refractivity contribution is -0.228. The van der Waals surface area contributed by atoms with Gasteiger partial charge < -0.3 is 9.47 Å². The minimum atomic E-state index is -0.513. The smallest absolute Gasteiger partial charge is 0.338 e. The van der Waals surface area contributed by atoms with Crippen molar-refractivity contribution < 1.29 is 19.1 Å². The van der Waals surface area contributed by atoms with Crippen LogP contribution in [0.5, 0.6) is 0 Å². The van der Waals surface area contributed by atoms with E-state index in [2.05, 4.69) is 66.3 Å². The fourth-order valence-electron chi connectivity index (χ4n) is 13.6. The highest BCUT2D eigenvalue weighted by atomic mass is 16.6. The molecule has 2 aromatic carbocycles. The Labute approximate surface area is 314 Å². The summed E-state index contributed by atoms with van der Waals surface area (Å²) in [6.45, 7) is 26.1. The van der Waals surface area contributed by atoms with Crippen molar-refractivity contribution in [2.45, 2.75) is 126 Å². The van der Waals surface area contributed by atoms with E-state index in [-0.39, 0.29) is 39.0 Å². The molecular formula is C48H64O4. The summed E-state index contributed by atoms with van der Waals surface area (Å²) in [6, 6.07) is 17.7. The Bertz CT molecular complexity index is 1740. The Hall–Kier alpha value is -3.14. The molecule has 0 radical (unpaired) electrons. The van der Waals surface area contributed by atoms with Crippen molar-refractivity contribution in [1.29, 1.82) is 0 Å². The number of rotatable bonds is 6. The van der Waals surface area contributed by atoms with E-state index in [0.717, 1.165) is 25.7 Å². The van der Waals surface area contributed by atoms with Crippen LogP contribution in [0.4, 0.5) is 0 Å². The fourth-order valence-corrected chi connectivity index (χ4v) is 13.6. The van der Waals surface area contributed by atoms with E-state index in [9.17, 15) is 9.59 Å². The Kier molecular flexibility index (Phi) is 9.10. The summed E-state index contributed by atoms with van der Waals surface area (Å²) in [5.41, 5.74) is 5.45. The van der Waals surface area contributed by atoms with E-state index in [0.29, 0.717) is 47.3 Å². The maximum Gasteiger partial charge on any atom is 0.338 e. The number of benzene rings is 2. The van der Waals surface area contributed by atoms with Crippen LogP contribution in [0.25, 0.3) is 5.57 Å². The first-order valence-electron chi connectivity index (χ1n) is 20.3. The molecule has 52 heavy (non-hydrogen) atoms. The predicted molar refractivity (Wildman–Crippen MR) is 211 cm³/mol. The van der Waals surface area contributed by atoms with Gasteiger partial charge >= 0.3 is 11.9 Å². The molecule has 7 rings (SSSR count). The minimum absolute atomic E-state index is 0.0143. The lowest BCUT2D eigenvalue weighted by atomic mass is 9.32. The second-order valence-corrected chi connectivity index (χ2v) is 20.1. The van der Waals surface area contributed by atoms with Crippen molar-refractivity contribution in [3.63, 3.8) is 0 Å². The largest absolute Gasteiger partial charge is 0.461 e. The van der Waals surface area contributed by atoms with Crippen LogP contribution < -0.4 is 0 Å². The summed E-state index contributed by atoms with van der Waals surface area (Å²) in [5, 5.41) is 0. The zero-order valence-electron chi connectivity index (χ0n) is 33.6. The quantitative estimate of drug-likeness (QED) is 0.222. The Balaban J connectivity index is 1.16. The van der Waals surface area contributed by atoms with Gasteiger partial charge in [0.15, 0.2) is 0 Å². The monoisotopic (exact) mass is 704 g/mol. The molecule has 9 unspecified atom stereocenters. The van der Waals surface area contributed by atoms with E-state index >= 15 is 0 Å². The Morgan fingerprint density at radius 2 is 1.44 bits per heavy atom. The first kappa shape index (κ1) is 37.2. The summed E-state index contributed by atoms with van der Waals surface area (Å²) in [7, 11) is 0. The van der Waals surface area contributed by atoms with Crippen molar-refractivity contribution in [3.8, 4) is 0 Å². The van der Waals surface area contributed by atoms with Crippen molar-refractivity contribution in [1.82, 2.24) is 0 Å². The van der Waals surface area contributed by atoms with Gasteiger partial charge in [-0.15, -0.1) is 0 Å². The van der Waals surface area contributed by atoms with Crippen molar-refractivity contribution in [3.05, 3.63) is 89.5 Å². The third kappa shape index (κ3) is 5.76. The van der Waals surface area contributed by atoms with Gasteiger partial charge in [0.2, 0.25) is 0 Å². The number of allylic oxidation sites excluding steroid dienone is 3. The third-order valence-electron chi connectivity index (χ3n) is 16.1. The molecule has 4 heteroatoms. The molecule has 5 aliphatic rings. The number of hydrogen-bond acceptors (Lipinski definition) is 4. The zero-order chi connectivity index (χ0) is 37.5. The van der Waals surface area contributed by atoms with Crippen LogP contribution in [0.3, 0.4) is 0 Å². The lowest BCUT2D eigenvalue weighted by Crippen LogP contribution is -2.65. The lowest BCUT2D eigenvalue weighted by Gasteiger charge is -2.72. The van der Waals surface area contributed by atoms with Crippen LogP contribution in [0.2, 0.25) is 0 Å². The van der Waals surface area contributed by atoms with Crippen LogP contribution >= 0.6 is 0 Å². The first-order valence-corrected chi connectivity index (χ1v) is 20.3. The van der Waals surface area contributed by atoms with Crippen LogP contribution in [-0.4, -0.2) is 24.1 Å². The molecule has 0 aromatic heterocycles. The standard InChI is InChI=1S/C48H64O4/c1-31(2)35-22-27-48(30-51-41(49)33-14-12-11-13-15-33)29-28-46(9)37(40(35)48)20-21-39-45(8)25-23-36(44(6,7)38(45)24-26-47(39,46)10)32-16-18-34(19-17-32)42(50)52-43(3,4)5/h11-19,23,35,37-40H,1,20-22,24-30H2,2-10H3. The topological polar surface area (TPSA) is 52.6 Å². The van der Waals surface area contributed by atoms with Gasteiger partial charge in [0, 0.05) is 5.41 Å². The van der Waals surface area contributed by atoms with E-state index in [1.54, 1.807) is 0 Å². The van der Waals surface area contributed by atoms with Crippen molar-refractivity contribution in [2.75, 3.05) is 6.61 Å².